The molecule has 0 bridgehead atoms. The number of methoxy groups -OCH3 is 1. The van der Waals surface area contributed by atoms with Crippen molar-refractivity contribution in [1.29, 1.82) is 0 Å². The maximum absolute atomic E-state index is 11.7. The molecule has 0 radical (unpaired) electrons. The quantitative estimate of drug-likeness (QED) is 0.846. The summed E-state index contributed by atoms with van der Waals surface area (Å²) in [5.74, 6) is 0. The first-order valence-electron chi connectivity index (χ1n) is 8.16. The van der Waals surface area contributed by atoms with Crippen molar-refractivity contribution in [2.45, 2.75) is 64.4 Å². The fraction of sp³-hybridized carbons (Fsp3) is 0.611. The number of nitrogens with one attached hydrogen (secondary N) is 2. The van der Waals surface area contributed by atoms with E-state index in [4.69, 9.17) is 9.47 Å². The van der Waals surface area contributed by atoms with Crippen LogP contribution < -0.4 is 10.6 Å². The minimum Gasteiger partial charge on any atom is -0.444 e. The average Bonchev–Trinajstić information content (AvgIpc) is 2.41. The lowest BCUT2D eigenvalue weighted by Gasteiger charge is -2.37. The van der Waals surface area contributed by atoms with E-state index in [1.807, 2.05) is 32.9 Å². The second-order valence-electron chi connectivity index (χ2n) is 7.09. The number of ether oxygens (including phenoxy) is 2. The number of amides is 1. The van der Waals surface area contributed by atoms with E-state index >= 15 is 0 Å². The lowest BCUT2D eigenvalue weighted by molar-refractivity contribution is 0.0465. The first-order chi connectivity index (χ1) is 10.9. The number of hydrogen-bond donors (Lipinski definition) is 2. The van der Waals surface area contributed by atoms with Crippen LogP contribution in [0.5, 0.6) is 0 Å². The van der Waals surface area contributed by atoms with E-state index in [1.54, 1.807) is 7.11 Å². The van der Waals surface area contributed by atoms with Crippen molar-refractivity contribution in [1.82, 2.24) is 10.6 Å². The Kier molecular flexibility index (Phi) is 6.02. The highest BCUT2D eigenvalue weighted by Crippen LogP contribution is 2.21. The molecule has 1 amide bonds. The summed E-state index contributed by atoms with van der Waals surface area (Å²) in [6, 6.07) is 8.93. The third-order valence-electron chi connectivity index (χ3n) is 3.86. The third kappa shape index (κ3) is 5.84. The van der Waals surface area contributed by atoms with E-state index in [0.29, 0.717) is 12.6 Å². The van der Waals surface area contributed by atoms with E-state index in [2.05, 4.69) is 22.8 Å². The van der Waals surface area contributed by atoms with E-state index in [1.165, 1.54) is 11.1 Å². The molecule has 0 unspecified atom stereocenters. The van der Waals surface area contributed by atoms with Crippen LogP contribution in [0, 0.1) is 0 Å². The molecule has 2 rings (SSSR count). The maximum atomic E-state index is 11.7. The van der Waals surface area contributed by atoms with Gasteiger partial charge in [-0.1, -0.05) is 24.3 Å². The summed E-state index contributed by atoms with van der Waals surface area (Å²) in [6.07, 6.45) is 1.54. The number of carbonyl (C=O) groups excluding carboxylic acids is 1. The van der Waals surface area contributed by atoms with Gasteiger partial charge >= 0.3 is 6.09 Å². The molecule has 0 aromatic heterocycles. The molecule has 0 spiro atoms. The van der Waals surface area contributed by atoms with Crippen LogP contribution in [0.3, 0.4) is 0 Å². The van der Waals surface area contributed by atoms with E-state index in [9.17, 15) is 4.79 Å². The third-order valence-corrected chi connectivity index (χ3v) is 3.86. The number of hydrogen-bond acceptors (Lipinski definition) is 4. The van der Waals surface area contributed by atoms with Crippen LogP contribution in [-0.2, 0) is 22.6 Å². The molecule has 0 aliphatic heterocycles. The zero-order valence-electron chi connectivity index (χ0n) is 14.5. The second-order valence-corrected chi connectivity index (χ2v) is 7.09. The van der Waals surface area contributed by atoms with Gasteiger partial charge in [0.15, 0.2) is 0 Å². The van der Waals surface area contributed by atoms with Gasteiger partial charge < -0.3 is 20.1 Å². The Morgan fingerprint density at radius 3 is 2.43 bits per heavy atom. The SMILES string of the molecule is COCc1ccccc1CNC1CC(NC(=O)OC(C)(C)C)C1. The topological polar surface area (TPSA) is 59.6 Å². The first kappa shape index (κ1) is 17.8. The molecule has 5 nitrogen and oxygen atoms in total. The largest absolute Gasteiger partial charge is 0.444 e. The molecule has 1 saturated carbocycles. The van der Waals surface area contributed by atoms with Gasteiger partial charge in [-0.25, -0.2) is 4.79 Å². The predicted molar refractivity (Wildman–Crippen MR) is 90.2 cm³/mol. The Bertz CT molecular complexity index is 519. The van der Waals surface area contributed by atoms with Crippen molar-refractivity contribution in [3.05, 3.63) is 35.4 Å². The number of benzene rings is 1. The van der Waals surface area contributed by atoms with Crippen molar-refractivity contribution in [3.63, 3.8) is 0 Å². The minimum absolute atomic E-state index is 0.205. The number of alkyl carbamates (subject to hydrolysis) is 1. The summed E-state index contributed by atoms with van der Waals surface area (Å²) in [5.41, 5.74) is 2.03. The summed E-state index contributed by atoms with van der Waals surface area (Å²) in [4.78, 5) is 11.7. The summed E-state index contributed by atoms with van der Waals surface area (Å²) in [6.45, 7) is 7.06. The minimum atomic E-state index is -0.448. The van der Waals surface area contributed by atoms with Gasteiger partial charge in [-0.05, 0) is 44.7 Å². The van der Waals surface area contributed by atoms with Crippen LogP contribution in [0.15, 0.2) is 24.3 Å². The second kappa shape index (κ2) is 7.79. The molecule has 1 aromatic carbocycles. The first-order valence-corrected chi connectivity index (χ1v) is 8.16. The normalized spacial score (nSPS) is 20.7. The van der Waals surface area contributed by atoms with Gasteiger partial charge in [-0.2, -0.15) is 0 Å². The van der Waals surface area contributed by atoms with Gasteiger partial charge in [0.1, 0.15) is 5.60 Å². The zero-order chi connectivity index (χ0) is 16.9. The Labute approximate surface area is 138 Å². The molecule has 0 atom stereocenters. The van der Waals surface area contributed by atoms with Crippen LogP contribution in [-0.4, -0.2) is 30.9 Å². The van der Waals surface area contributed by atoms with Crippen LogP contribution in [0.2, 0.25) is 0 Å². The smallest absolute Gasteiger partial charge is 0.407 e. The Morgan fingerprint density at radius 2 is 1.83 bits per heavy atom. The van der Waals surface area contributed by atoms with E-state index < -0.39 is 5.60 Å². The van der Waals surface area contributed by atoms with Crippen LogP contribution in [0.4, 0.5) is 4.79 Å². The number of carbonyl (C=O) groups is 1. The van der Waals surface area contributed by atoms with Crippen molar-refractivity contribution in [2.24, 2.45) is 0 Å². The summed E-state index contributed by atoms with van der Waals surface area (Å²) < 4.78 is 10.5. The molecule has 128 valence electrons. The van der Waals surface area contributed by atoms with Gasteiger partial charge in [0.2, 0.25) is 0 Å². The standard InChI is InChI=1S/C18H28N2O3/c1-18(2,3)23-17(21)20-16-9-15(10-16)19-11-13-7-5-6-8-14(13)12-22-4/h5-8,15-16,19H,9-12H2,1-4H3,(H,20,21). The van der Waals surface area contributed by atoms with E-state index in [-0.39, 0.29) is 12.1 Å². The lowest BCUT2D eigenvalue weighted by Crippen LogP contribution is -2.53. The van der Waals surface area contributed by atoms with Crippen molar-refractivity contribution in [3.8, 4) is 0 Å². The fourth-order valence-corrected chi connectivity index (χ4v) is 2.66. The maximum Gasteiger partial charge on any atom is 0.407 e. The van der Waals surface area contributed by atoms with Crippen molar-refractivity contribution >= 4 is 6.09 Å². The molecule has 0 heterocycles. The van der Waals surface area contributed by atoms with Gasteiger partial charge in [0.25, 0.3) is 0 Å². The molecule has 0 saturated heterocycles. The summed E-state index contributed by atoms with van der Waals surface area (Å²) in [5, 5.41) is 6.45. The Hall–Kier alpha value is -1.59. The predicted octanol–water partition coefficient (Wildman–Crippen LogP) is 2.98. The van der Waals surface area contributed by atoms with Crippen LogP contribution >= 0.6 is 0 Å². The van der Waals surface area contributed by atoms with Gasteiger partial charge in [-0.15, -0.1) is 0 Å². The fourth-order valence-electron chi connectivity index (χ4n) is 2.66. The monoisotopic (exact) mass is 320 g/mol. The molecule has 5 heteroatoms. The van der Waals surface area contributed by atoms with Gasteiger partial charge in [-0.3, -0.25) is 0 Å². The molecule has 1 aliphatic carbocycles. The number of rotatable bonds is 6. The molecular formula is C18H28N2O3. The van der Waals surface area contributed by atoms with E-state index in [0.717, 1.165) is 19.4 Å². The van der Waals surface area contributed by atoms with Crippen molar-refractivity contribution < 1.29 is 14.3 Å². The molecule has 23 heavy (non-hydrogen) atoms. The summed E-state index contributed by atoms with van der Waals surface area (Å²) in [7, 11) is 1.71. The highest BCUT2D eigenvalue weighted by molar-refractivity contribution is 5.68. The molecule has 1 aromatic rings. The average molecular weight is 320 g/mol. The molecular weight excluding hydrogens is 292 g/mol. The van der Waals surface area contributed by atoms with Crippen LogP contribution in [0.1, 0.15) is 44.7 Å². The van der Waals surface area contributed by atoms with Gasteiger partial charge in [0.05, 0.1) is 6.61 Å². The molecule has 1 aliphatic rings. The molecule has 1 fully saturated rings. The molecule has 2 N–H and O–H groups in total. The Balaban J connectivity index is 1.70. The highest BCUT2D eigenvalue weighted by Gasteiger charge is 2.31. The van der Waals surface area contributed by atoms with Crippen molar-refractivity contribution in [2.75, 3.05) is 7.11 Å². The zero-order valence-corrected chi connectivity index (χ0v) is 14.5. The summed E-state index contributed by atoms with van der Waals surface area (Å²) >= 11 is 0. The Morgan fingerprint density at radius 1 is 1.17 bits per heavy atom. The highest BCUT2D eigenvalue weighted by atomic mass is 16.6. The van der Waals surface area contributed by atoms with Crippen LogP contribution in [0.25, 0.3) is 0 Å². The lowest BCUT2D eigenvalue weighted by atomic mass is 9.86. The van der Waals surface area contributed by atoms with Gasteiger partial charge in [0, 0.05) is 25.7 Å².